The molecule has 0 fully saturated rings. The maximum Gasteiger partial charge on any atom is 0.160 e. The Bertz CT molecular complexity index is 1280. The van der Waals surface area contributed by atoms with Crippen molar-refractivity contribution in [2.24, 2.45) is 0 Å². The van der Waals surface area contributed by atoms with E-state index in [1.54, 1.807) is 17.7 Å². The Morgan fingerprint density at radius 2 is 1.93 bits per heavy atom. The van der Waals surface area contributed by atoms with Crippen molar-refractivity contribution in [2.75, 3.05) is 5.32 Å². The predicted molar refractivity (Wildman–Crippen MR) is 113 cm³/mol. The van der Waals surface area contributed by atoms with Crippen LogP contribution in [0.1, 0.15) is 18.8 Å². The summed E-state index contributed by atoms with van der Waals surface area (Å²) in [5.41, 5.74) is 2.98. The number of halogens is 1. The number of thiophene rings is 1. The summed E-state index contributed by atoms with van der Waals surface area (Å²) in [6.07, 6.45) is 3.55. The Hall–Kier alpha value is -3.03. The molecule has 0 bridgehead atoms. The van der Waals surface area contributed by atoms with Crippen molar-refractivity contribution in [3.63, 3.8) is 0 Å². The highest BCUT2D eigenvalue weighted by Gasteiger charge is 2.18. The van der Waals surface area contributed by atoms with E-state index in [1.165, 1.54) is 0 Å². The predicted octanol–water partition coefficient (Wildman–Crippen LogP) is 5.23. The van der Waals surface area contributed by atoms with E-state index < -0.39 is 0 Å². The average Bonchev–Trinajstić information content (AvgIpc) is 3.33. The highest BCUT2D eigenvalue weighted by Crippen LogP contribution is 2.37. The van der Waals surface area contributed by atoms with Gasteiger partial charge in [0.1, 0.15) is 17.0 Å². The summed E-state index contributed by atoms with van der Waals surface area (Å²) >= 11 is 7.64. The van der Waals surface area contributed by atoms with Crippen molar-refractivity contribution in [3.05, 3.63) is 71.2 Å². The average molecular weight is 407 g/mol. The quantitative estimate of drug-likeness (QED) is 0.442. The molecule has 0 aliphatic rings. The van der Waals surface area contributed by atoms with Gasteiger partial charge in [0.05, 0.1) is 11.4 Å². The zero-order valence-corrected chi connectivity index (χ0v) is 16.4. The van der Waals surface area contributed by atoms with Crippen molar-refractivity contribution >= 4 is 44.6 Å². The number of nitrogens with one attached hydrogen (secondary N) is 1. The Morgan fingerprint density at radius 1 is 1.07 bits per heavy atom. The molecule has 28 heavy (non-hydrogen) atoms. The molecular formula is C20H15ClN6S. The third-order valence-electron chi connectivity index (χ3n) is 4.61. The van der Waals surface area contributed by atoms with Crippen LogP contribution in [0, 0.1) is 0 Å². The largest absolute Gasteiger partial charge is 0.360 e. The van der Waals surface area contributed by atoms with Gasteiger partial charge < -0.3 is 5.32 Å². The summed E-state index contributed by atoms with van der Waals surface area (Å²) in [7, 11) is 0. The van der Waals surface area contributed by atoms with Crippen molar-refractivity contribution < 1.29 is 0 Å². The number of fused-ring (bicyclic) bond motifs is 2. The van der Waals surface area contributed by atoms with Gasteiger partial charge in [-0.15, -0.1) is 21.5 Å². The first kappa shape index (κ1) is 17.1. The minimum Gasteiger partial charge on any atom is -0.360 e. The monoisotopic (exact) mass is 406 g/mol. The van der Waals surface area contributed by atoms with Crippen LogP contribution in [-0.4, -0.2) is 24.6 Å². The van der Waals surface area contributed by atoms with Gasteiger partial charge in [0.25, 0.3) is 0 Å². The summed E-state index contributed by atoms with van der Waals surface area (Å²) < 4.78 is 1.98. The number of hydrogen-bond acceptors (Lipinski definition) is 6. The number of hydrogen-bond donors (Lipinski definition) is 1. The molecule has 5 rings (SSSR count). The summed E-state index contributed by atoms with van der Waals surface area (Å²) in [6.45, 7) is 2.05. The van der Waals surface area contributed by atoms with Crippen LogP contribution < -0.4 is 5.32 Å². The van der Waals surface area contributed by atoms with E-state index in [1.807, 2.05) is 60.0 Å². The number of anilines is 1. The molecule has 0 spiro atoms. The van der Waals surface area contributed by atoms with Gasteiger partial charge in [-0.1, -0.05) is 29.8 Å². The molecule has 0 saturated heterocycles. The van der Waals surface area contributed by atoms with E-state index >= 15 is 0 Å². The molecule has 0 saturated carbocycles. The smallest absolute Gasteiger partial charge is 0.160 e. The van der Waals surface area contributed by atoms with Crippen LogP contribution in [0.4, 0.5) is 5.82 Å². The topological polar surface area (TPSA) is 68.0 Å². The Labute approximate surface area is 169 Å². The zero-order valence-electron chi connectivity index (χ0n) is 14.9. The second-order valence-electron chi connectivity index (χ2n) is 6.41. The molecule has 1 unspecified atom stereocenters. The lowest BCUT2D eigenvalue weighted by atomic mass is 10.1. The van der Waals surface area contributed by atoms with Gasteiger partial charge in [-0.3, -0.25) is 4.40 Å². The Balaban J connectivity index is 1.57. The number of nitrogens with zero attached hydrogens (tertiary/aromatic N) is 5. The molecule has 0 aliphatic carbocycles. The third kappa shape index (κ3) is 2.89. The summed E-state index contributed by atoms with van der Waals surface area (Å²) in [4.78, 5) is 9.88. The molecule has 1 atom stereocenters. The number of benzene rings is 1. The highest BCUT2D eigenvalue weighted by atomic mass is 35.5. The van der Waals surface area contributed by atoms with E-state index in [9.17, 15) is 0 Å². The van der Waals surface area contributed by atoms with E-state index in [-0.39, 0.29) is 6.04 Å². The molecule has 1 aromatic carbocycles. The zero-order chi connectivity index (χ0) is 19.1. The minimum absolute atomic E-state index is 0.0894. The Morgan fingerprint density at radius 3 is 2.79 bits per heavy atom. The van der Waals surface area contributed by atoms with Crippen LogP contribution in [0.2, 0.25) is 5.02 Å². The molecule has 138 valence electrons. The van der Waals surface area contributed by atoms with Gasteiger partial charge in [-0.05, 0) is 36.8 Å². The molecule has 4 aromatic heterocycles. The van der Waals surface area contributed by atoms with Gasteiger partial charge in [-0.2, -0.15) is 0 Å². The van der Waals surface area contributed by atoms with Crippen LogP contribution in [-0.2, 0) is 0 Å². The fraction of sp³-hybridized carbons (Fsp3) is 0.100. The Kier molecular flexibility index (Phi) is 4.18. The van der Waals surface area contributed by atoms with Crippen LogP contribution in [0.3, 0.4) is 0 Å². The summed E-state index contributed by atoms with van der Waals surface area (Å²) in [6, 6.07) is 13.6. The lowest BCUT2D eigenvalue weighted by Crippen LogP contribution is -2.12. The van der Waals surface area contributed by atoms with E-state index in [4.69, 9.17) is 11.6 Å². The van der Waals surface area contributed by atoms with E-state index in [0.717, 1.165) is 38.6 Å². The highest BCUT2D eigenvalue weighted by molar-refractivity contribution is 7.17. The maximum atomic E-state index is 6.05. The molecule has 0 amide bonds. The first-order valence-corrected chi connectivity index (χ1v) is 10.0. The molecule has 5 aromatic rings. The van der Waals surface area contributed by atoms with E-state index in [2.05, 4.69) is 30.9 Å². The summed E-state index contributed by atoms with van der Waals surface area (Å²) in [5, 5.41) is 15.9. The SMILES string of the molecule is CC(Nc1ncnc2scc(-c3ccc(Cl)cc3)c12)c1nnc2ccccn12. The van der Waals surface area contributed by atoms with E-state index in [0.29, 0.717) is 5.02 Å². The normalized spacial score (nSPS) is 12.5. The van der Waals surface area contributed by atoms with Gasteiger partial charge in [0, 0.05) is 22.2 Å². The summed E-state index contributed by atoms with van der Waals surface area (Å²) in [5.74, 6) is 1.60. The number of rotatable bonds is 4. The minimum atomic E-state index is -0.0894. The third-order valence-corrected chi connectivity index (χ3v) is 5.74. The molecular weight excluding hydrogens is 392 g/mol. The maximum absolute atomic E-state index is 6.05. The number of aromatic nitrogens is 5. The molecule has 4 heterocycles. The lowest BCUT2D eigenvalue weighted by molar-refractivity contribution is 0.769. The fourth-order valence-electron chi connectivity index (χ4n) is 3.25. The van der Waals surface area contributed by atoms with Crippen LogP contribution in [0.25, 0.3) is 27.0 Å². The fourth-order valence-corrected chi connectivity index (χ4v) is 4.29. The van der Waals surface area contributed by atoms with Crippen molar-refractivity contribution in [3.8, 4) is 11.1 Å². The first-order chi connectivity index (χ1) is 13.7. The van der Waals surface area contributed by atoms with Gasteiger partial charge in [0.15, 0.2) is 11.5 Å². The number of pyridine rings is 1. The van der Waals surface area contributed by atoms with Crippen LogP contribution in [0.15, 0.2) is 60.4 Å². The second kappa shape index (κ2) is 6.85. The first-order valence-electron chi connectivity index (χ1n) is 8.75. The van der Waals surface area contributed by atoms with Gasteiger partial charge >= 0.3 is 0 Å². The lowest BCUT2D eigenvalue weighted by Gasteiger charge is -2.14. The molecule has 8 heteroatoms. The van der Waals surface area contributed by atoms with Gasteiger partial charge in [-0.25, -0.2) is 9.97 Å². The van der Waals surface area contributed by atoms with Crippen molar-refractivity contribution in [1.29, 1.82) is 0 Å². The van der Waals surface area contributed by atoms with Crippen LogP contribution >= 0.6 is 22.9 Å². The second-order valence-corrected chi connectivity index (χ2v) is 7.71. The molecule has 6 nitrogen and oxygen atoms in total. The molecule has 0 aliphatic heterocycles. The van der Waals surface area contributed by atoms with Crippen molar-refractivity contribution in [1.82, 2.24) is 24.6 Å². The van der Waals surface area contributed by atoms with Crippen molar-refractivity contribution in [2.45, 2.75) is 13.0 Å². The van der Waals surface area contributed by atoms with Crippen LogP contribution in [0.5, 0.6) is 0 Å². The van der Waals surface area contributed by atoms with Gasteiger partial charge in [0.2, 0.25) is 0 Å². The molecule has 0 radical (unpaired) electrons. The standard InChI is InChI=1S/C20H15ClN6S/c1-12(19-26-25-16-4-2-3-9-27(16)19)24-18-17-15(10-28-20(17)23-11-22-18)13-5-7-14(21)8-6-13/h2-12H,1H3,(H,22,23,24). The molecule has 1 N–H and O–H groups in total.